The number of halogens is 3. The minimum Gasteiger partial charge on any atom is -0.338 e. The van der Waals surface area contributed by atoms with Crippen LogP contribution in [0.15, 0.2) is 36.5 Å². The number of hydrogen-bond acceptors (Lipinski definition) is 5. The maximum absolute atomic E-state index is 13.1. The van der Waals surface area contributed by atoms with Gasteiger partial charge in [0.05, 0.1) is 10.5 Å². The Hall–Kier alpha value is -3.50. The molecule has 1 aliphatic heterocycles. The predicted octanol–water partition coefficient (Wildman–Crippen LogP) is 3.98. The first-order valence-electron chi connectivity index (χ1n) is 9.62. The SMILES string of the molecule is Cc1c(C(=O)N2CCCC(c3nnc4ccc(C(F)(F)F)cn34)C2)cccc1[N+](=O)[O-]. The number of amides is 1. The Morgan fingerprint density at radius 3 is 2.71 bits per heavy atom. The van der Waals surface area contributed by atoms with E-state index in [0.29, 0.717) is 30.9 Å². The minimum atomic E-state index is -4.50. The number of likely N-dealkylation sites (tertiary alicyclic amines) is 1. The fraction of sp³-hybridized carbons (Fsp3) is 0.350. The highest BCUT2D eigenvalue weighted by Gasteiger charge is 2.33. The van der Waals surface area contributed by atoms with Gasteiger partial charge >= 0.3 is 6.18 Å². The summed E-state index contributed by atoms with van der Waals surface area (Å²) in [7, 11) is 0. The molecule has 1 saturated heterocycles. The molecular weight excluding hydrogens is 415 g/mol. The smallest absolute Gasteiger partial charge is 0.338 e. The molecule has 4 rings (SSSR count). The van der Waals surface area contributed by atoms with Gasteiger partial charge < -0.3 is 4.90 Å². The average molecular weight is 433 g/mol. The number of nitro groups is 1. The standard InChI is InChI=1S/C20H18F3N5O3/c1-12-15(5-2-6-16(12)28(30)31)19(29)26-9-3-4-13(10-26)18-25-24-17-8-7-14(11-27(17)18)20(21,22)23/h2,5-8,11,13H,3-4,9-10H2,1H3. The van der Waals surface area contributed by atoms with Gasteiger partial charge in [-0.15, -0.1) is 10.2 Å². The van der Waals surface area contributed by atoms with Crippen molar-refractivity contribution in [2.24, 2.45) is 0 Å². The van der Waals surface area contributed by atoms with Gasteiger partial charge in [-0.3, -0.25) is 19.3 Å². The monoisotopic (exact) mass is 433 g/mol. The van der Waals surface area contributed by atoms with Crippen molar-refractivity contribution in [2.45, 2.75) is 31.9 Å². The van der Waals surface area contributed by atoms with Crippen molar-refractivity contribution in [2.75, 3.05) is 13.1 Å². The molecular formula is C20H18F3N5O3. The number of benzene rings is 1. The molecule has 0 spiro atoms. The highest BCUT2D eigenvalue weighted by atomic mass is 19.4. The zero-order chi connectivity index (χ0) is 22.3. The number of alkyl halides is 3. The maximum atomic E-state index is 13.1. The van der Waals surface area contributed by atoms with Gasteiger partial charge in [0.1, 0.15) is 5.82 Å². The van der Waals surface area contributed by atoms with Gasteiger partial charge in [-0.1, -0.05) is 6.07 Å². The molecule has 31 heavy (non-hydrogen) atoms. The molecule has 0 aliphatic carbocycles. The van der Waals surface area contributed by atoms with Gasteiger partial charge in [0.15, 0.2) is 5.65 Å². The first-order valence-corrected chi connectivity index (χ1v) is 9.62. The lowest BCUT2D eigenvalue weighted by atomic mass is 9.95. The predicted molar refractivity (Wildman–Crippen MR) is 104 cm³/mol. The van der Waals surface area contributed by atoms with Gasteiger partial charge in [0.2, 0.25) is 0 Å². The van der Waals surface area contributed by atoms with E-state index in [4.69, 9.17) is 0 Å². The Bertz CT molecular complexity index is 1170. The fourth-order valence-electron chi connectivity index (χ4n) is 3.95. The molecule has 11 heteroatoms. The number of aromatic nitrogens is 3. The Morgan fingerprint density at radius 2 is 2.00 bits per heavy atom. The molecule has 3 aromatic rings. The molecule has 162 valence electrons. The highest BCUT2D eigenvalue weighted by Crippen LogP contribution is 2.32. The lowest BCUT2D eigenvalue weighted by molar-refractivity contribution is -0.385. The number of pyridine rings is 1. The summed E-state index contributed by atoms with van der Waals surface area (Å²) >= 11 is 0. The van der Waals surface area contributed by atoms with Crippen LogP contribution in [-0.2, 0) is 6.18 Å². The van der Waals surface area contributed by atoms with Gasteiger partial charge in [-0.25, -0.2) is 0 Å². The van der Waals surface area contributed by atoms with E-state index in [9.17, 15) is 28.1 Å². The molecule has 1 atom stereocenters. The van der Waals surface area contributed by atoms with Crippen LogP contribution >= 0.6 is 0 Å². The summed E-state index contributed by atoms with van der Waals surface area (Å²) in [6.45, 7) is 2.21. The third kappa shape index (κ3) is 3.82. The van der Waals surface area contributed by atoms with E-state index in [2.05, 4.69) is 10.2 Å². The zero-order valence-corrected chi connectivity index (χ0v) is 16.5. The number of hydrogen-bond donors (Lipinski definition) is 0. The second-order valence-electron chi connectivity index (χ2n) is 7.50. The Kier molecular flexibility index (Phi) is 5.11. The number of fused-ring (bicyclic) bond motifs is 1. The van der Waals surface area contributed by atoms with Crippen LogP contribution in [0.5, 0.6) is 0 Å². The van der Waals surface area contributed by atoms with Crippen LogP contribution in [0.3, 0.4) is 0 Å². The van der Waals surface area contributed by atoms with Crippen molar-refractivity contribution < 1.29 is 22.9 Å². The molecule has 0 radical (unpaired) electrons. The third-order valence-electron chi connectivity index (χ3n) is 5.56. The summed E-state index contributed by atoms with van der Waals surface area (Å²) in [6.07, 6.45) is -2.27. The van der Waals surface area contributed by atoms with Crippen LogP contribution in [0.1, 0.15) is 46.1 Å². The molecule has 1 fully saturated rings. The quantitative estimate of drug-likeness (QED) is 0.460. The summed E-state index contributed by atoms with van der Waals surface area (Å²) in [6, 6.07) is 6.56. The van der Waals surface area contributed by atoms with Gasteiger partial charge in [0.25, 0.3) is 11.6 Å². The first kappa shape index (κ1) is 20.8. The molecule has 3 heterocycles. The van der Waals surface area contributed by atoms with Crippen molar-refractivity contribution >= 4 is 17.2 Å². The molecule has 1 amide bonds. The average Bonchev–Trinajstić information content (AvgIpc) is 3.16. The van der Waals surface area contributed by atoms with Crippen LogP contribution in [0.2, 0.25) is 0 Å². The summed E-state index contributed by atoms with van der Waals surface area (Å²) < 4.78 is 40.7. The van der Waals surface area contributed by atoms with E-state index in [1.807, 2.05) is 0 Å². The van der Waals surface area contributed by atoms with Gasteiger partial charge in [-0.2, -0.15) is 13.2 Å². The first-order chi connectivity index (χ1) is 14.7. The topological polar surface area (TPSA) is 93.6 Å². The van der Waals surface area contributed by atoms with E-state index in [1.54, 1.807) is 4.90 Å². The normalized spacial score (nSPS) is 17.2. The number of nitro benzene ring substituents is 1. The lowest BCUT2D eigenvalue weighted by Crippen LogP contribution is -2.40. The number of piperidine rings is 1. The molecule has 0 bridgehead atoms. The summed E-state index contributed by atoms with van der Waals surface area (Å²) in [5.41, 5.74) is -0.136. The minimum absolute atomic E-state index is 0.137. The van der Waals surface area contributed by atoms with Gasteiger partial charge in [-0.05, 0) is 38.0 Å². The fourth-order valence-corrected chi connectivity index (χ4v) is 3.95. The van der Waals surface area contributed by atoms with Crippen LogP contribution < -0.4 is 0 Å². The molecule has 8 nitrogen and oxygen atoms in total. The Morgan fingerprint density at radius 1 is 1.23 bits per heavy atom. The molecule has 1 unspecified atom stereocenters. The Balaban J connectivity index is 1.63. The van der Waals surface area contributed by atoms with E-state index < -0.39 is 16.7 Å². The number of rotatable bonds is 3. The van der Waals surface area contributed by atoms with Crippen molar-refractivity contribution in [1.82, 2.24) is 19.5 Å². The van der Waals surface area contributed by atoms with E-state index in [0.717, 1.165) is 12.3 Å². The van der Waals surface area contributed by atoms with Crippen molar-refractivity contribution in [1.29, 1.82) is 0 Å². The van der Waals surface area contributed by atoms with Crippen LogP contribution in [0, 0.1) is 17.0 Å². The van der Waals surface area contributed by atoms with Crippen LogP contribution in [0.4, 0.5) is 18.9 Å². The second-order valence-corrected chi connectivity index (χ2v) is 7.50. The lowest BCUT2D eigenvalue weighted by Gasteiger charge is -2.32. The van der Waals surface area contributed by atoms with E-state index in [1.165, 1.54) is 35.6 Å². The van der Waals surface area contributed by atoms with Crippen molar-refractivity contribution in [3.05, 3.63) is 69.2 Å². The number of nitrogens with zero attached hydrogens (tertiary/aromatic N) is 5. The summed E-state index contributed by atoms with van der Waals surface area (Å²) in [5, 5.41) is 19.2. The van der Waals surface area contributed by atoms with Crippen LogP contribution in [0.25, 0.3) is 5.65 Å². The third-order valence-corrected chi connectivity index (χ3v) is 5.56. The van der Waals surface area contributed by atoms with Crippen molar-refractivity contribution in [3.63, 3.8) is 0 Å². The zero-order valence-electron chi connectivity index (χ0n) is 16.5. The van der Waals surface area contributed by atoms with Crippen molar-refractivity contribution in [3.8, 4) is 0 Å². The maximum Gasteiger partial charge on any atom is 0.417 e. The summed E-state index contributed by atoms with van der Waals surface area (Å²) in [4.78, 5) is 25.3. The summed E-state index contributed by atoms with van der Waals surface area (Å²) in [5.74, 6) is -0.305. The Labute approximate surface area is 174 Å². The molecule has 0 saturated carbocycles. The van der Waals surface area contributed by atoms with E-state index >= 15 is 0 Å². The highest BCUT2D eigenvalue weighted by molar-refractivity contribution is 5.96. The molecule has 0 N–H and O–H groups in total. The second kappa shape index (κ2) is 7.64. The van der Waals surface area contributed by atoms with Crippen LogP contribution in [-0.4, -0.2) is 43.4 Å². The largest absolute Gasteiger partial charge is 0.417 e. The molecule has 2 aromatic heterocycles. The molecule has 1 aromatic carbocycles. The van der Waals surface area contributed by atoms with Gasteiger partial charge in [0, 0.05) is 42.4 Å². The molecule has 1 aliphatic rings. The number of carbonyl (C=O) groups excluding carboxylic acids is 1. The van der Waals surface area contributed by atoms with E-state index in [-0.39, 0.29) is 35.2 Å². The number of carbonyl (C=O) groups is 1.